The fourth-order valence-electron chi connectivity index (χ4n) is 1.36. The van der Waals surface area contributed by atoms with Crippen molar-refractivity contribution in [1.29, 1.82) is 0 Å². The number of rotatable bonds is 2. The molecule has 0 spiro atoms. The van der Waals surface area contributed by atoms with Gasteiger partial charge in [0.25, 0.3) is 0 Å². The maximum atomic E-state index is 11.1. The number of hydrogen-bond acceptors (Lipinski definition) is 3. The molecule has 0 atom stereocenters. The Bertz CT molecular complexity index is 345. The van der Waals surface area contributed by atoms with E-state index >= 15 is 0 Å². The number of benzene rings is 1. The van der Waals surface area contributed by atoms with Crippen LogP contribution in [-0.4, -0.2) is 17.0 Å². The van der Waals surface area contributed by atoms with Crippen molar-refractivity contribution in [3.63, 3.8) is 0 Å². The Morgan fingerprint density at radius 2 is 2.07 bits per heavy atom. The number of halogens is 1. The van der Waals surface area contributed by atoms with E-state index in [1.807, 2.05) is 18.2 Å². The predicted molar refractivity (Wildman–Crippen MR) is 59.4 cm³/mol. The van der Waals surface area contributed by atoms with Crippen LogP contribution in [0.4, 0.5) is 0 Å². The normalized spacial score (nSPS) is 17.2. The SMILES string of the molecule is O=C(I)c1cccc(C2OCCO2)c1. The molecule has 0 aromatic heterocycles. The van der Waals surface area contributed by atoms with Crippen molar-refractivity contribution >= 4 is 26.4 Å². The first kappa shape index (κ1) is 10.1. The van der Waals surface area contributed by atoms with Crippen molar-refractivity contribution in [2.24, 2.45) is 0 Å². The topological polar surface area (TPSA) is 35.5 Å². The molecule has 0 amide bonds. The van der Waals surface area contributed by atoms with Crippen molar-refractivity contribution in [3.8, 4) is 0 Å². The van der Waals surface area contributed by atoms with E-state index in [2.05, 4.69) is 0 Å². The van der Waals surface area contributed by atoms with Gasteiger partial charge >= 0.3 is 0 Å². The highest BCUT2D eigenvalue weighted by Crippen LogP contribution is 2.24. The second kappa shape index (κ2) is 4.37. The average molecular weight is 304 g/mol. The van der Waals surface area contributed by atoms with E-state index in [-0.39, 0.29) is 10.1 Å². The largest absolute Gasteiger partial charge is 0.346 e. The highest BCUT2D eigenvalue weighted by atomic mass is 127. The lowest BCUT2D eigenvalue weighted by Gasteiger charge is -2.09. The Morgan fingerprint density at radius 1 is 1.36 bits per heavy atom. The van der Waals surface area contributed by atoms with E-state index in [9.17, 15) is 4.79 Å². The zero-order valence-corrected chi connectivity index (χ0v) is 9.56. The first-order valence-corrected chi connectivity index (χ1v) is 5.38. The molecular formula is C10H9IO3. The van der Waals surface area contributed by atoms with Gasteiger partial charge in [0, 0.05) is 33.7 Å². The van der Waals surface area contributed by atoms with Crippen molar-refractivity contribution in [1.82, 2.24) is 0 Å². The van der Waals surface area contributed by atoms with Gasteiger partial charge in [-0.05, 0) is 6.07 Å². The standard InChI is InChI=1S/C10H9IO3/c11-9(12)7-2-1-3-8(6-7)10-13-4-5-14-10/h1-3,6,10H,4-5H2. The van der Waals surface area contributed by atoms with E-state index in [0.717, 1.165) is 5.56 Å². The number of ether oxygens (including phenoxy) is 2. The molecule has 1 aromatic carbocycles. The second-order valence-electron chi connectivity index (χ2n) is 2.97. The van der Waals surface area contributed by atoms with Gasteiger partial charge in [-0.1, -0.05) is 18.2 Å². The van der Waals surface area contributed by atoms with Gasteiger partial charge in [-0.15, -0.1) is 0 Å². The summed E-state index contributed by atoms with van der Waals surface area (Å²) in [5.41, 5.74) is 1.59. The van der Waals surface area contributed by atoms with Crippen LogP contribution < -0.4 is 0 Å². The molecule has 1 saturated heterocycles. The summed E-state index contributed by atoms with van der Waals surface area (Å²) in [4.78, 5) is 11.1. The van der Waals surface area contributed by atoms with Crippen LogP contribution in [0.1, 0.15) is 22.2 Å². The van der Waals surface area contributed by atoms with Crippen LogP contribution in [0.5, 0.6) is 0 Å². The zero-order chi connectivity index (χ0) is 9.97. The summed E-state index contributed by atoms with van der Waals surface area (Å²) in [6.07, 6.45) is -0.300. The van der Waals surface area contributed by atoms with Gasteiger partial charge in [0.15, 0.2) is 6.29 Å². The molecule has 1 aliphatic rings. The minimum atomic E-state index is -0.300. The smallest absolute Gasteiger partial charge is 0.222 e. The monoisotopic (exact) mass is 304 g/mol. The van der Waals surface area contributed by atoms with E-state index < -0.39 is 0 Å². The molecule has 4 heteroatoms. The Morgan fingerprint density at radius 3 is 2.71 bits per heavy atom. The minimum absolute atomic E-state index is 0.0300. The van der Waals surface area contributed by atoms with Crippen LogP contribution in [0.3, 0.4) is 0 Å². The molecule has 1 aliphatic heterocycles. The fraction of sp³-hybridized carbons (Fsp3) is 0.300. The molecule has 14 heavy (non-hydrogen) atoms. The van der Waals surface area contributed by atoms with Crippen LogP contribution >= 0.6 is 22.6 Å². The third-order valence-corrected chi connectivity index (χ3v) is 2.63. The summed E-state index contributed by atoms with van der Waals surface area (Å²) < 4.78 is 10.7. The van der Waals surface area contributed by atoms with Gasteiger partial charge < -0.3 is 9.47 Å². The third-order valence-electron chi connectivity index (χ3n) is 2.01. The first-order valence-electron chi connectivity index (χ1n) is 4.30. The van der Waals surface area contributed by atoms with Crippen molar-refractivity contribution in [2.45, 2.75) is 6.29 Å². The Labute approximate surface area is 95.5 Å². The van der Waals surface area contributed by atoms with Gasteiger partial charge in [-0.25, -0.2) is 0 Å². The molecule has 0 saturated carbocycles. The molecule has 1 heterocycles. The molecular weight excluding hydrogens is 295 g/mol. The number of carbonyl (C=O) groups is 1. The first-order chi connectivity index (χ1) is 6.77. The summed E-state index contributed by atoms with van der Waals surface area (Å²) in [5.74, 6) is 0. The van der Waals surface area contributed by atoms with Gasteiger partial charge in [-0.2, -0.15) is 0 Å². The Kier molecular flexibility index (Phi) is 3.15. The average Bonchev–Trinajstić information content (AvgIpc) is 2.71. The zero-order valence-electron chi connectivity index (χ0n) is 7.40. The van der Waals surface area contributed by atoms with Gasteiger partial charge in [0.2, 0.25) is 3.79 Å². The second-order valence-corrected chi connectivity index (χ2v) is 3.95. The number of carbonyl (C=O) groups excluding carboxylic acids is 1. The van der Waals surface area contributed by atoms with Crippen molar-refractivity contribution in [3.05, 3.63) is 35.4 Å². The van der Waals surface area contributed by atoms with Crippen LogP contribution in [-0.2, 0) is 9.47 Å². The third kappa shape index (κ3) is 2.13. The molecule has 0 radical (unpaired) electrons. The Balaban J connectivity index is 2.25. The van der Waals surface area contributed by atoms with Gasteiger partial charge in [0.05, 0.1) is 13.2 Å². The van der Waals surface area contributed by atoms with Gasteiger partial charge in [-0.3, -0.25) is 4.79 Å². The lowest BCUT2D eigenvalue weighted by molar-refractivity contribution is -0.0441. The minimum Gasteiger partial charge on any atom is -0.346 e. The van der Waals surface area contributed by atoms with Crippen molar-refractivity contribution in [2.75, 3.05) is 13.2 Å². The van der Waals surface area contributed by atoms with E-state index in [1.54, 1.807) is 28.7 Å². The highest BCUT2D eigenvalue weighted by molar-refractivity contribution is 14.1. The molecule has 74 valence electrons. The van der Waals surface area contributed by atoms with Crippen LogP contribution in [0.2, 0.25) is 0 Å². The van der Waals surface area contributed by atoms with Crippen LogP contribution in [0, 0.1) is 0 Å². The maximum Gasteiger partial charge on any atom is 0.222 e. The highest BCUT2D eigenvalue weighted by Gasteiger charge is 2.18. The predicted octanol–water partition coefficient (Wildman–Crippen LogP) is 2.31. The summed E-state index contributed by atoms with van der Waals surface area (Å²) in [6.45, 7) is 1.24. The molecule has 1 fully saturated rings. The molecule has 3 nitrogen and oxygen atoms in total. The maximum absolute atomic E-state index is 11.1. The summed E-state index contributed by atoms with van der Waals surface area (Å²) in [6, 6.07) is 7.34. The summed E-state index contributed by atoms with van der Waals surface area (Å²) in [5, 5.41) is 0. The quantitative estimate of drug-likeness (QED) is 0.621. The summed E-state index contributed by atoms with van der Waals surface area (Å²) in [7, 11) is 0. The fourth-order valence-corrected chi connectivity index (χ4v) is 1.69. The van der Waals surface area contributed by atoms with Crippen molar-refractivity contribution < 1.29 is 14.3 Å². The van der Waals surface area contributed by atoms with E-state index in [4.69, 9.17) is 9.47 Å². The van der Waals surface area contributed by atoms with Crippen LogP contribution in [0.15, 0.2) is 24.3 Å². The molecule has 0 bridgehead atoms. The molecule has 2 rings (SSSR count). The Hall–Kier alpha value is -0.460. The van der Waals surface area contributed by atoms with Crippen LogP contribution in [0.25, 0.3) is 0 Å². The molecule has 1 aromatic rings. The molecule has 0 N–H and O–H groups in total. The van der Waals surface area contributed by atoms with E-state index in [1.165, 1.54) is 0 Å². The molecule has 0 aliphatic carbocycles. The lowest BCUT2D eigenvalue weighted by atomic mass is 10.1. The van der Waals surface area contributed by atoms with E-state index in [0.29, 0.717) is 18.8 Å². The summed E-state index contributed by atoms with van der Waals surface area (Å²) >= 11 is 1.77. The molecule has 0 unspecified atom stereocenters. The van der Waals surface area contributed by atoms with Gasteiger partial charge in [0.1, 0.15) is 0 Å². The number of hydrogen-bond donors (Lipinski definition) is 0. The lowest BCUT2D eigenvalue weighted by Crippen LogP contribution is -1.99.